The Morgan fingerprint density at radius 1 is 1.07 bits per heavy atom. The molecule has 0 saturated carbocycles. The normalized spacial score (nSPS) is 12.3. The van der Waals surface area contributed by atoms with E-state index >= 15 is 0 Å². The third kappa shape index (κ3) is 4.76. The van der Waals surface area contributed by atoms with Crippen LogP contribution in [0.15, 0.2) is 54.6 Å². The quantitative estimate of drug-likeness (QED) is 0.628. The van der Waals surface area contributed by atoms with Gasteiger partial charge in [0, 0.05) is 11.3 Å². The van der Waals surface area contributed by atoms with Gasteiger partial charge in [0.2, 0.25) is 0 Å². The van der Waals surface area contributed by atoms with Gasteiger partial charge in [-0.2, -0.15) is 18.4 Å². The SMILES string of the molecule is Cc1cc(C(O)CO)cc(-c2ccc(Oc3ccc(C(F)(F)F)c(C#N)c3)cc2)n1. The van der Waals surface area contributed by atoms with Crippen LogP contribution in [0.4, 0.5) is 13.2 Å². The lowest BCUT2D eigenvalue weighted by molar-refractivity contribution is -0.137. The Kier molecular flexibility index (Phi) is 6.06. The molecule has 30 heavy (non-hydrogen) atoms. The Balaban J connectivity index is 1.84. The van der Waals surface area contributed by atoms with E-state index < -0.39 is 30.0 Å². The molecule has 2 N–H and O–H groups in total. The number of aromatic nitrogens is 1. The van der Waals surface area contributed by atoms with E-state index in [1.165, 1.54) is 6.07 Å². The molecule has 8 heteroatoms. The van der Waals surface area contributed by atoms with Gasteiger partial charge in [-0.25, -0.2) is 0 Å². The highest BCUT2D eigenvalue weighted by atomic mass is 19.4. The van der Waals surface area contributed by atoms with Crippen LogP contribution in [0.2, 0.25) is 0 Å². The van der Waals surface area contributed by atoms with Crippen molar-refractivity contribution in [2.75, 3.05) is 6.61 Å². The van der Waals surface area contributed by atoms with Crippen molar-refractivity contribution in [1.29, 1.82) is 5.26 Å². The van der Waals surface area contributed by atoms with E-state index in [2.05, 4.69) is 4.98 Å². The van der Waals surface area contributed by atoms with Crippen LogP contribution in [-0.2, 0) is 6.18 Å². The minimum Gasteiger partial charge on any atom is -0.457 e. The van der Waals surface area contributed by atoms with Crippen LogP contribution >= 0.6 is 0 Å². The summed E-state index contributed by atoms with van der Waals surface area (Å²) in [6.45, 7) is 1.36. The number of nitriles is 1. The molecule has 0 spiro atoms. The van der Waals surface area contributed by atoms with Crippen molar-refractivity contribution in [3.05, 3.63) is 77.0 Å². The number of alkyl halides is 3. The lowest BCUT2D eigenvalue weighted by atomic mass is 10.0. The van der Waals surface area contributed by atoms with Crippen LogP contribution in [0.25, 0.3) is 11.3 Å². The van der Waals surface area contributed by atoms with Crippen LogP contribution < -0.4 is 4.74 Å². The number of aryl methyl sites for hydroxylation is 1. The molecule has 3 aromatic rings. The van der Waals surface area contributed by atoms with Crippen LogP contribution in [0.5, 0.6) is 11.5 Å². The van der Waals surface area contributed by atoms with Crippen molar-refractivity contribution in [2.24, 2.45) is 0 Å². The molecule has 3 rings (SSSR count). The second kappa shape index (κ2) is 8.53. The van der Waals surface area contributed by atoms with E-state index in [9.17, 15) is 18.3 Å². The molecule has 0 aliphatic heterocycles. The summed E-state index contributed by atoms with van der Waals surface area (Å²) in [7, 11) is 0. The van der Waals surface area contributed by atoms with Crippen molar-refractivity contribution in [3.63, 3.8) is 0 Å². The zero-order valence-electron chi connectivity index (χ0n) is 15.8. The molecule has 1 unspecified atom stereocenters. The molecule has 2 aromatic carbocycles. The molecular formula is C22H17F3N2O3. The maximum atomic E-state index is 12.9. The second-order valence-electron chi connectivity index (χ2n) is 6.57. The molecule has 0 saturated heterocycles. The highest BCUT2D eigenvalue weighted by Gasteiger charge is 2.33. The second-order valence-corrected chi connectivity index (χ2v) is 6.57. The summed E-state index contributed by atoms with van der Waals surface area (Å²) >= 11 is 0. The van der Waals surface area contributed by atoms with E-state index in [4.69, 9.17) is 15.1 Å². The molecule has 0 aliphatic carbocycles. The Labute approximate surface area is 170 Å². The van der Waals surface area contributed by atoms with Gasteiger partial charge < -0.3 is 14.9 Å². The number of pyridine rings is 1. The van der Waals surface area contributed by atoms with Crippen molar-refractivity contribution in [3.8, 4) is 28.8 Å². The van der Waals surface area contributed by atoms with Crippen molar-refractivity contribution in [1.82, 2.24) is 4.98 Å². The van der Waals surface area contributed by atoms with Crippen LogP contribution in [-0.4, -0.2) is 21.8 Å². The average molecular weight is 414 g/mol. The number of ether oxygens (including phenoxy) is 1. The summed E-state index contributed by atoms with van der Waals surface area (Å²) in [5.41, 5.74) is 0.987. The minimum atomic E-state index is -4.62. The number of aliphatic hydroxyl groups is 2. The average Bonchev–Trinajstić information content (AvgIpc) is 2.72. The predicted octanol–water partition coefficient (Wildman–Crippen LogP) is 4.77. The number of halogens is 3. The van der Waals surface area contributed by atoms with E-state index in [1.54, 1.807) is 43.3 Å². The number of hydrogen-bond donors (Lipinski definition) is 2. The fourth-order valence-electron chi connectivity index (χ4n) is 2.90. The van der Waals surface area contributed by atoms with Gasteiger partial charge in [-0.1, -0.05) is 0 Å². The van der Waals surface area contributed by atoms with Gasteiger partial charge in [0.15, 0.2) is 0 Å². The van der Waals surface area contributed by atoms with E-state index in [0.29, 0.717) is 22.7 Å². The zero-order valence-corrected chi connectivity index (χ0v) is 15.8. The van der Waals surface area contributed by atoms with Gasteiger partial charge in [0.1, 0.15) is 17.6 Å². The molecule has 1 atom stereocenters. The summed E-state index contributed by atoms with van der Waals surface area (Å²) in [6, 6.07) is 14.5. The molecule has 0 amide bonds. The molecule has 0 radical (unpaired) electrons. The molecule has 5 nitrogen and oxygen atoms in total. The van der Waals surface area contributed by atoms with Crippen LogP contribution in [0.1, 0.15) is 28.5 Å². The van der Waals surface area contributed by atoms with E-state index in [1.807, 2.05) is 0 Å². The Morgan fingerprint density at radius 2 is 1.73 bits per heavy atom. The number of rotatable bonds is 5. The Morgan fingerprint density at radius 3 is 2.33 bits per heavy atom. The topological polar surface area (TPSA) is 86.4 Å². The first-order valence-corrected chi connectivity index (χ1v) is 8.88. The molecule has 0 bridgehead atoms. The van der Waals surface area contributed by atoms with Crippen LogP contribution in [0, 0.1) is 18.3 Å². The monoisotopic (exact) mass is 414 g/mol. The predicted molar refractivity (Wildman–Crippen MR) is 103 cm³/mol. The van der Waals surface area contributed by atoms with Crippen LogP contribution in [0.3, 0.4) is 0 Å². The Bertz CT molecular complexity index is 1090. The maximum Gasteiger partial charge on any atom is 0.417 e. The standard InChI is InChI=1S/C22H17F3N2O3/c1-13-8-15(21(29)12-28)10-20(27-13)14-2-4-17(5-3-14)30-18-6-7-19(22(23,24)25)16(9-18)11-26/h2-10,21,28-29H,12H2,1H3. The maximum absolute atomic E-state index is 12.9. The van der Waals surface area contributed by atoms with Gasteiger partial charge in [0.25, 0.3) is 0 Å². The number of benzene rings is 2. The van der Waals surface area contributed by atoms with Gasteiger partial charge >= 0.3 is 6.18 Å². The van der Waals surface area contributed by atoms with Gasteiger partial charge in [-0.15, -0.1) is 0 Å². The molecule has 0 aliphatic rings. The zero-order chi connectivity index (χ0) is 21.9. The summed E-state index contributed by atoms with van der Waals surface area (Å²) in [5.74, 6) is 0.472. The molecule has 154 valence electrons. The first-order valence-electron chi connectivity index (χ1n) is 8.88. The summed E-state index contributed by atoms with van der Waals surface area (Å²) in [5, 5.41) is 28.0. The lowest BCUT2D eigenvalue weighted by Crippen LogP contribution is -2.07. The smallest absolute Gasteiger partial charge is 0.417 e. The largest absolute Gasteiger partial charge is 0.457 e. The first kappa shape index (κ1) is 21.3. The van der Waals surface area contributed by atoms with Gasteiger partial charge in [-0.3, -0.25) is 4.98 Å². The minimum absolute atomic E-state index is 0.106. The Hall–Kier alpha value is -3.41. The van der Waals surface area contributed by atoms with Gasteiger partial charge in [0.05, 0.1) is 29.5 Å². The van der Waals surface area contributed by atoms with Crippen molar-refractivity contribution < 1.29 is 28.1 Å². The highest BCUT2D eigenvalue weighted by Crippen LogP contribution is 2.34. The number of hydrogen-bond acceptors (Lipinski definition) is 5. The number of nitrogens with zero attached hydrogens (tertiary/aromatic N) is 2. The van der Waals surface area contributed by atoms with Crippen molar-refractivity contribution >= 4 is 0 Å². The highest BCUT2D eigenvalue weighted by molar-refractivity contribution is 5.61. The lowest BCUT2D eigenvalue weighted by Gasteiger charge is -2.12. The third-order valence-electron chi connectivity index (χ3n) is 4.34. The fourth-order valence-corrected chi connectivity index (χ4v) is 2.90. The summed E-state index contributed by atoms with van der Waals surface area (Å²) in [4.78, 5) is 4.41. The number of aliphatic hydroxyl groups excluding tert-OH is 2. The first-order chi connectivity index (χ1) is 14.2. The molecule has 1 aromatic heterocycles. The van der Waals surface area contributed by atoms with Crippen molar-refractivity contribution in [2.45, 2.75) is 19.2 Å². The molecular weight excluding hydrogens is 397 g/mol. The molecule has 0 fully saturated rings. The summed E-state index contributed by atoms with van der Waals surface area (Å²) < 4.78 is 44.3. The fraction of sp³-hybridized carbons (Fsp3) is 0.182. The van der Waals surface area contributed by atoms with E-state index in [-0.39, 0.29) is 5.75 Å². The third-order valence-corrected chi connectivity index (χ3v) is 4.34. The van der Waals surface area contributed by atoms with Gasteiger partial charge in [-0.05, 0) is 67.1 Å². The van der Waals surface area contributed by atoms with E-state index in [0.717, 1.165) is 23.8 Å². The molecule has 1 heterocycles. The summed E-state index contributed by atoms with van der Waals surface area (Å²) in [6.07, 6.45) is -5.63.